The summed E-state index contributed by atoms with van der Waals surface area (Å²) in [5, 5.41) is 3.83. The van der Waals surface area contributed by atoms with Crippen LogP contribution in [0.15, 0.2) is 4.52 Å². The Balaban J connectivity index is 2.55. The van der Waals surface area contributed by atoms with Crippen molar-refractivity contribution in [1.82, 2.24) is 5.16 Å². The molecule has 1 heterocycles. The van der Waals surface area contributed by atoms with Crippen LogP contribution in [0.2, 0.25) is 0 Å². The zero-order chi connectivity index (χ0) is 8.97. The molecular formula is C9H13NO2. The number of rotatable bonds is 4. The second kappa shape index (κ2) is 4.04. The fourth-order valence-corrected chi connectivity index (χ4v) is 1.22. The van der Waals surface area contributed by atoms with Gasteiger partial charge < -0.3 is 9.32 Å². The molecule has 0 unspecified atom stereocenters. The fourth-order valence-electron chi connectivity index (χ4n) is 1.22. The van der Waals surface area contributed by atoms with Gasteiger partial charge in [0.1, 0.15) is 12.0 Å². The average Bonchev–Trinajstić information content (AvgIpc) is 2.35. The third-order valence-electron chi connectivity index (χ3n) is 1.93. The standard InChI is InChI=1S/C9H13NO2/c1-7-9(5-3-4-6-11)8(2)12-10-7/h6H,3-5H2,1-2H3. The van der Waals surface area contributed by atoms with Crippen molar-refractivity contribution >= 4 is 6.29 Å². The fraction of sp³-hybridized carbons (Fsp3) is 0.556. The number of aromatic nitrogens is 1. The van der Waals surface area contributed by atoms with E-state index in [9.17, 15) is 4.79 Å². The van der Waals surface area contributed by atoms with E-state index in [-0.39, 0.29) is 0 Å². The summed E-state index contributed by atoms with van der Waals surface area (Å²) < 4.78 is 4.99. The maximum absolute atomic E-state index is 10.1. The molecule has 1 aromatic rings. The van der Waals surface area contributed by atoms with E-state index in [1.54, 1.807) is 0 Å². The Kier molecular flexibility index (Phi) is 3.02. The number of nitrogens with zero attached hydrogens (tertiary/aromatic N) is 1. The highest BCUT2D eigenvalue weighted by Gasteiger charge is 2.07. The molecule has 0 aliphatic carbocycles. The number of hydrogen-bond acceptors (Lipinski definition) is 3. The Labute approximate surface area is 71.7 Å². The highest BCUT2D eigenvalue weighted by atomic mass is 16.5. The molecule has 1 aromatic heterocycles. The van der Waals surface area contributed by atoms with Gasteiger partial charge in [-0.1, -0.05) is 5.16 Å². The van der Waals surface area contributed by atoms with Crippen LogP contribution in [0.5, 0.6) is 0 Å². The number of unbranched alkanes of at least 4 members (excludes halogenated alkanes) is 1. The largest absolute Gasteiger partial charge is 0.361 e. The Morgan fingerprint density at radius 3 is 2.75 bits per heavy atom. The number of hydrogen-bond donors (Lipinski definition) is 0. The average molecular weight is 167 g/mol. The van der Waals surface area contributed by atoms with Gasteiger partial charge in [0, 0.05) is 12.0 Å². The highest BCUT2D eigenvalue weighted by molar-refractivity contribution is 5.49. The van der Waals surface area contributed by atoms with E-state index >= 15 is 0 Å². The Bertz CT molecular complexity index is 246. The van der Waals surface area contributed by atoms with Gasteiger partial charge in [-0.05, 0) is 26.7 Å². The monoisotopic (exact) mass is 167 g/mol. The van der Waals surface area contributed by atoms with Gasteiger partial charge in [-0.3, -0.25) is 0 Å². The SMILES string of the molecule is Cc1noc(C)c1CCCC=O. The molecule has 3 heteroatoms. The maximum Gasteiger partial charge on any atom is 0.137 e. The minimum Gasteiger partial charge on any atom is -0.361 e. The van der Waals surface area contributed by atoms with Crippen molar-refractivity contribution in [2.45, 2.75) is 33.1 Å². The second-order valence-corrected chi connectivity index (χ2v) is 2.86. The zero-order valence-electron chi connectivity index (χ0n) is 7.46. The third kappa shape index (κ3) is 1.94. The maximum atomic E-state index is 10.1. The molecule has 0 bridgehead atoms. The van der Waals surface area contributed by atoms with Crippen LogP contribution in [0.1, 0.15) is 29.9 Å². The third-order valence-corrected chi connectivity index (χ3v) is 1.93. The van der Waals surface area contributed by atoms with E-state index in [4.69, 9.17) is 4.52 Å². The molecule has 0 aromatic carbocycles. The molecule has 66 valence electrons. The van der Waals surface area contributed by atoms with Gasteiger partial charge in [0.2, 0.25) is 0 Å². The first-order chi connectivity index (χ1) is 5.75. The van der Waals surface area contributed by atoms with Crippen LogP contribution >= 0.6 is 0 Å². The van der Waals surface area contributed by atoms with Crippen molar-refractivity contribution in [1.29, 1.82) is 0 Å². The van der Waals surface area contributed by atoms with Crippen LogP contribution in [-0.2, 0) is 11.2 Å². The molecule has 0 saturated heterocycles. The summed E-state index contributed by atoms with van der Waals surface area (Å²) in [7, 11) is 0. The van der Waals surface area contributed by atoms with Crippen LogP contribution < -0.4 is 0 Å². The second-order valence-electron chi connectivity index (χ2n) is 2.86. The summed E-state index contributed by atoms with van der Waals surface area (Å²) in [4.78, 5) is 10.1. The molecule has 12 heavy (non-hydrogen) atoms. The normalized spacial score (nSPS) is 10.2. The molecule has 0 N–H and O–H groups in total. The zero-order valence-corrected chi connectivity index (χ0v) is 7.46. The van der Waals surface area contributed by atoms with Gasteiger partial charge in [-0.2, -0.15) is 0 Å². The molecule has 0 atom stereocenters. The molecule has 0 saturated carbocycles. The van der Waals surface area contributed by atoms with E-state index in [0.29, 0.717) is 6.42 Å². The van der Waals surface area contributed by atoms with Gasteiger partial charge in [-0.25, -0.2) is 0 Å². The van der Waals surface area contributed by atoms with E-state index in [1.807, 2.05) is 13.8 Å². The van der Waals surface area contributed by atoms with Crippen LogP contribution in [-0.4, -0.2) is 11.4 Å². The number of carbonyl (C=O) groups excluding carboxylic acids is 1. The van der Waals surface area contributed by atoms with Crippen molar-refractivity contribution in [3.63, 3.8) is 0 Å². The minimum absolute atomic E-state index is 0.615. The lowest BCUT2D eigenvalue weighted by Crippen LogP contribution is -1.89. The summed E-state index contributed by atoms with van der Waals surface area (Å²) in [6, 6.07) is 0. The van der Waals surface area contributed by atoms with Gasteiger partial charge in [0.15, 0.2) is 0 Å². The van der Waals surface area contributed by atoms with Crippen molar-refractivity contribution in [3.05, 3.63) is 17.0 Å². The first-order valence-electron chi connectivity index (χ1n) is 4.11. The predicted molar refractivity (Wildman–Crippen MR) is 45.0 cm³/mol. The van der Waals surface area contributed by atoms with E-state index in [0.717, 1.165) is 36.1 Å². The van der Waals surface area contributed by atoms with Crippen molar-refractivity contribution in [2.75, 3.05) is 0 Å². The highest BCUT2D eigenvalue weighted by Crippen LogP contribution is 2.14. The Morgan fingerprint density at radius 2 is 2.25 bits per heavy atom. The molecule has 0 radical (unpaired) electrons. The summed E-state index contributed by atoms with van der Waals surface area (Å²) in [6.45, 7) is 3.82. The molecule has 0 fully saturated rings. The van der Waals surface area contributed by atoms with Crippen LogP contribution in [0, 0.1) is 13.8 Å². The molecule has 1 rings (SSSR count). The topological polar surface area (TPSA) is 43.1 Å². The van der Waals surface area contributed by atoms with E-state index in [2.05, 4.69) is 5.16 Å². The molecular weight excluding hydrogens is 154 g/mol. The van der Waals surface area contributed by atoms with Gasteiger partial charge in [-0.15, -0.1) is 0 Å². The predicted octanol–water partition coefficient (Wildman–Crippen LogP) is 1.81. The molecule has 0 aliphatic heterocycles. The van der Waals surface area contributed by atoms with E-state index < -0.39 is 0 Å². The lowest BCUT2D eigenvalue weighted by Gasteiger charge is -1.95. The lowest BCUT2D eigenvalue weighted by atomic mass is 10.1. The molecule has 3 nitrogen and oxygen atoms in total. The van der Waals surface area contributed by atoms with Crippen molar-refractivity contribution in [2.24, 2.45) is 0 Å². The van der Waals surface area contributed by atoms with Gasteiger partial charge in [0.25, 0.3) is 0 Å². The summed E-state index contributed by atoms with van der Waals surface area (Å²) in [6.07, 6.45) is 3.33. The van der Waals surface area contributed by atoms with Crippen molar-refractivity contribution in [3.8, 4) is 0 Å². The summed E-state index contributed by atoms with van der Waals surface area (Å²) in [5.74, 6) is 0.874. The van der Waals surface area contributed by atoms with Crippen LogP contribution in [0.3, 0.4) is 0 Å². The number of carbonyl (C=O) groups is 1. The number of aldehydes is 1. The van der Waals surface area contributed by atoms with E-state index in [1.165, 1.54) is 0 Å². The van der Waals surface area contributed by atoms with Crippen LogP contribution in [0.25, 0.3) is 0 Å². The van der Waals surface area contributed by atoms with Gasteiger partial charge >= 0.3 is 0 Å². The summed E-state index contributed by atoms with van der Waals surface area (Å²) in [5.41, 5.74) is 2.09. The molecule has 0 spiro atoms. The smallest absolute Gasteiger partial charge is 0.137 e. The Hall–Kier alpha value is -1.12. The van der Waals surface area contributed by atoms with Crippen LogP contribution in [0.4, 0.5) is 0 Å². The van der Waals surface area contributed by atoms with Crippen molar-refractivity contribution < 1.29 is 9.32 Å². The first kappa shape index (κ1) is 8.97. The molecule has 0 amide bonds. The first-order valence-corrected chi connectivity index (χ1v) is 4.11. The summed E-state index contributed by atoms with van der Waals surface area (Å²) >= 11 is 0. The Morgan fingerprint density at radius 1 is 1.50 bits per heavy atom. The molecule has 0 aliphatic rings. The quantitative estimate of drug-likeness (QED) is 0.507. The minimum atomic E-state index is 0.615. The van der Waals surface area contributed by atoms with Gasteiger partial charge in [0.05, 0.1) is 5.69 Å². The lowest BCUT2D eigenvalue weighted by molar-refractivity contribution is -0.107. The number of aryl methyl sites for hydroxylation is 2.